The maximum absolute atomic E-state index is 12.2. The van der Waals surface area contributed by atoms with Gasteiger partial charge in [0.25, 0.3) is 0 Å². The number of unbranched alkanes of at least 4 members (excludes halogenated alkanes) is 12. The van der Waals surface area contributed by atoms with Crippen LogP contribution in [-0.2, 0) is 28.2 Å². The lowest BCUT2D eigenvalue weighted by Gasteiger charge is -2.18. The number of hydrogen-bond acceptors (Lipinski definition) is 6. The summed E-state index contributed by atoms with van der Waals surface area (Å²) in [5.41, 5.74) is 0. The summed E-state index contributed by atoms with van der Waals surface area (Å²) in [7, 11) is -4.75. The van der Waals surface area contributed by atoms with Gasteiger partial charge in [0.2, 0.25) is 0 Å². The topological polar surface area (TPSA) is 119 Å². The molecule has 0 aliphatic heterocycles. The highest BCUT2D eigenvalue weighted by atomic mass is 31.2. The van der Waals surface area contributed by atoms with Crippen LogP contribution in [0.15, 0.2) is 48.6 Å². The minimum atomic E-state index is -4.75. The van der Waals surface area contributed by atoms with Crippen molar-refractivity contribution in [2.24, 2.45) is 0 Å². The number of carbonyl (C=O) groups excluding carboxylic acids is 2. The van der Waals surface area contributed by atoms with Crippen molar-refractivity contribution in [3.05, 3.63) is 48.6 Å². The lowest BCUT2D eigenvalue weighted by Crippen LogP contribution is -2.29. The summed E-state index contributed by atoms with van der Waals surface area (Å²) in [6.07, 6.45) is 35.6. The lowest BCUT2D eigenvalue weighted by atomic mass is 10.1. The van der Waals surface area contributed by atoms with Crippen molar-refractivity contribution >= 4 is 19.8 Å². The minimum Gasteiger partial charge on any atom is -0.462 e. The van der Waals surface area contributed by atoms with Crippen molar-refractivity contribution in [3.8, 4) is 0 Å². The van der Waals surface area contributed by atoms with Crippen LogP contribution in [0, 0.1) is 0 Å². The molecule has 1 atom stereocenters. The molecule has 9 heteroatoms. The largest absolute Gasteiger partial charge is 0.469 e. The van der Waals surface area contributed by atoms with E-state index in [9.17, 15) is 14.2 Å². The molecule has 2 N–H and O–H groups in total. The van der Waals surface area contributed by atoms with Crippen molar-refractivity contribution in [1.29, 1.82) is 0 Å². The smallest absolute Gasteiger partial charge is 0.462 e. The van der Waals surface area contributed by atoms with Crippen LogP contribution >= 0.6 is 7.82 Å². The van der Waals surface area contributed by atoms with E-state index in [0.717, 1.165) is 44.9 Å². The van der Waals surface area contributed by atoms with Gasteiger partial charge >= 0.3 is 19.8 Å². The molecule has 0 fully saturated rings. The number of allylic oxidation sites excluding steroid dienone is 8. The third-order valence-corrected chi connectivity index (χ3v) is 7.34. The maximum Gasteiger partial charge on any atom is 0.469 e. The molecular weight excluding hydrogens is 579 g/mol. The van der Waals surface area contributed by atoms with Gasteiger partial charge in [0, 0.05) is 12.8 Å². The van der Waals surface area contributed by atoms with Crippen LogP contribution in [0.1, 0.15) is 142 Å². The fourth-order valence-electron chi connectivity index (χ4n) is 4.30. The van der Waals surface area contributed by atoms with E-state index in [1.807, 2.05) is 6.08 Å². The minimum absolute atomic E-state index is 0.191. The Morgan fingerprint density at radius 2 is 1.05 bits per heavy atom. The van der Waals surface area contributed by atoms with Gasteiger partial charge < -0.3 is 19.3 Å². The van der Waals surface area contributed by atoms with E-state index in [2.05, 4.69) is 60.9 Å². The van der Waals surface area contributed by atoms with Crippen molar-refractivity contribution in [2.75, 3.05) is 13.2 Å². The monoisotopic (exact) mass is 640 g/mol. The van der Waals surface area contributed by atoms with E-state index < -0.39 is 32.5 Å². The van der Waals surface area contributed by atoms with E-state index in [0.29, 0.717) is 12.8 Å². The molecule has 0 aliphatic rings. The van der Waals surface area contributed by atoms with E-state index in [1.54, 1.807) is 0 Å². The van der Waals surface area contributed by atoms with Gasteiger partial charge in [-0.15, -0.1) is 0 Å². The Morgan fingerprint density at radius 3 is 1.59 bits per heavy atom. The summed E-state index contributed by atoms with van der Waals surface area (Å²) in [5, 5.41) is 0. The van der Waals surface area contributed by atoms with Crippen LogP contribution in [0.3, 0.4) is 0 Å². The fraction of sp³-hybridized carbons (Fsp3) is 0.714. The number of rotatable bonds is 30. The number of carbonyl (C=O) groups is 2. The van der Waals surface area contributed by atoms with Gasteiger partial charge in [-0.25, -0.2) is 4.57 Å². The molecule has 0 unspecified atom stereocenters. The summed E-state index contributed by atoms with van der Waals surface area (Å²) in [4.78, 5) is 42.4. The van der Waals surface area contributed by atoms with Crippen LogP contribution in [0.25, 0.3) is 0 Å². The summed E-state index contributed by atoms with van der Waals surface area (Å²) >= 11 is 0. The summed E-state index contributed by atoms with van der Waals surface area (Å²) in [6, 6.07) is 0. The second-order valence-corrected chi connectivity index (χ2v) is 12.4. The predicted octanol–water partition coefficient (Wildman–Crippen LogP) is 9.62. The zero-order chi connectivity index (χ0) is 32.6. The molecule has 8 nitrogen and oxygen atoms in total. The number of ether oxygens (including phenoxy) is 2. The highest BCUT2D eigenvalue weighted by molar-refractivity contribution is 7.46. The van der Waals surface area contributed by atoms with Crippen LogP contribution < -0.4 is 0 Å². The molecule has 44 heavy (non-hydrogen) atoms. The zero-order valence-corrected chi connectivity index (χ0v) is 28.4. The van der Waals surface area contributed by atoms with Crippen molar-refractivity contribution in [1.82, 2.24) is 0 Å². The highest BCUT2D eigenvalue weighted by Gasteiger charge is 2.22. The van der Waals surface area contributed by atoms with Crippen molar-refractivity contribution in [3.63, 3.8) is 0 Å². The quantitative estimate of drug-likeness (QED) is 0.0345. The van der Waals surface area contributed by atoms with Gasteiger partial charge in [0.15, 0.2) is 6.10 Å². The number of hydrogen-bond donors (Lipinski definition) is 2. The first-order valence-electron chi connectivity index (χ1n) is 16.9. The molecule has 0 aromatic heterocycles. The van der Waals surface area contributed by atoms with E-state index >= 15 is 0 Å². The van der Waals surface area contributed by atoms with Gasteiger partial charge in [-0.1, -0.05) is 127 Å². The first-order chi connectivity index (χ1) is 21.3. The summed E-state index contributed by atoms with van der Waals surface area (Å²) in [5.74, 6) is -0.958. The normalized spacial score (nSPS) is 13.1. The summed E-state index contributed by atoms with van der Waals surface area (Å²) < 4.78 is 26.1. The first kappa shape index (κ1) is 42.0. The van der Waals surface area contributed by atoms with E-state index in [1.165, 1.54) is 57.8 Å². The average Bonchev–Trinajstić information content (AvgIpc) is 2.98. The number of esters is 2. The molecule has 0 radical (unpaired) electrons. The molecule has 0 aliphatic carbocycles. The first-order valence-corrected chi connectivity index (χ1v) is 18.5. The molecule has 0 aromatic carbocycles. The SMILES string of the molecule is CCCCC/C=C\C/C=C\C/C=C\C/C=C\CCCC(=O)OC[C@H](COP(=O)(O)O)OC(=O)CCCCCCCCCCC. The van der Waals surface area contributed by atoms with Gasteiger partial charge in [0.1, 0.15) is 6.61 Å². The zero-order valence-electron chi connectivity index (χ0n) is 27.5. The fourth-order valence-corrected chi connectivity index (χ4v) is 4.66. The molecular formula is C35H61O8P. The maximum atomic E-state index is 12.2. The van der Waals surface area contributed by atoms with E-state index in [-0.39, 0.29) is 19.4 Å². The molecule has 0 spiro atoms. The van der Waals surface area contributed by atoms with Crippen molar-refractivity contribution < 1.29 is 37.9 Å². The van der Waals surface area contributed by atoms with Gasteiger partial charge in [0.05, 0.1) is 6.61 Å². The van der Waals surface area contributed by atoms with Crippen LogP contribution in [0.5, 0.6) is 0 Å². The molecule has 0 aromatic rings. The van der Waals surface area contributed by atoms with E-state index in [4.69, 9.17) is 19.3 Å². The Morgan fingerprint density at radius 1 is 0.591 bits per heavy atom. The molecule has 254 valence electrons. The Hall–Kier alpha value is -1.99. The standard InChI is InChI=1S/C35H61O8P/c1-3-5-7-9-11-13-14-15-16-17-18-19-20-22-23-25-27-29-34(36)41-31-33(32-42-44(38,39)40)43-35(37)30-28-26-24-21-12-10-8-6-4-2/h11,13,15-16,18-19,22-23,33H,3-10,12,14,17,20-21,24-32H2,1-2H3,(H2,38,39,40)/b13-11-,16-15-,19-18-,23-22-/t33-/m1/s1. The second kappa shape index (κ2) is 31.0. The number of phosphoric ester groups is 1. The Kier molecular flexibility index (Phi) is 29.6. The predicted molar refractivity (Wildman–Crippen MR) is 179 cm³/mol. The van der Waals surface area contributed by atoms with Crippen molar-refractivity contribution in [2.45, 2.75) is 148 Å². The third-order valence-electron chi connectivity index (χ3n) is 6.85. The van der Waals surface area contributed by atoms with Crippen LogP contribution in [-0.4, -0.2) is 41.0 Å². The third kappa shape index (κ3) is 32.9. The Balaban J connectivity index is 4.11. The Bertz CT molecular complexity index is 859. The van der Waals surface area contributed by atoms with Gasteiger partial charge in [-0.05, 0) is 51.4 Å². The Labute approximate surface area is 267 Å². The van der Waals surface area contributed by atoms with Crippen LogP contribution in [0.4, 0.5) is 0 Å². The second-order valence-electron chi connectivity index (χ2n) is 11.1. The lowest BCUT2D eigenvalue weighted by molar-refractivity contribution is -0.161. The molecule has 0 rings (SSSR count). The van der Waals surface area contributed by atoms with Gasteiger partial charge in [-0.2, -0.15) is 0 Å². The molecule has 0 bridgehead atoms. The average molecular weight is 641 g/mol. The summed E-state index contributed by atoms with van der Waals surface area (Å²) in [6.45, 7) is 3.55. The highest BCUT2D eigenvalue weighted by Crippen LogP contribution is 2.35. The number of phosphoric acid groups is 1. The van der Waals surface area contributed by atoms with Crippen LogP contribution in [0.2, 0.25) is 0 Å². The molecule has 0 saturated heterocycles. The molecule has 0 heterocycles. The molecule has 0 amide bonds. The van der Waals surface area contributed by atoms with Gasteiger partial charge in [-0.3, -0.25) is 14.1 Å². The molecule has 0 saturated carbocycles.